The number of aryl methyl sites for hydroxylation is 1. The summed E-state index contributed by atoms with van der Waals surface area (Å²) in [7, 11) is 2.00. The molecule has 0 amide bonds. The predicted octanol–water partition coefficient (Wildman–Crippen LogP) is 1.87. The average molecular weight is 204 g/mol. The maximum absolute atomic E-state index is 3.62. The molecule has 1 aliphatic carbocycles. The largest absolute Gasteiger partial charge is 0.318 e. The van der Waals surface area contributed by atoms with Gasteiger partial charge in [0.2, 0.25) is 0 Å². The molecule has 0 bridgehead atoms. The summed E-state index contributed by atoms with van der Waals surface area (Å²) in [6, 6.07) is 9.40. The van der Waals surface area contributed by atoms with Crippen LogP contribution in [0.15, 0.2) is 24.3 Å². The summed E-state index contributed by atoms with van der Waals surface area (Å²) >= 11 is 0. The second-order valence-electron chi connectivity index (χ2n) is 4.20. The molecule has 0 fully saturated rings. The van der Waals surface area contributed by atoms with Crippen molar-refractivity contribution in [2.45, 2.75) is 25.3 Å². The first-order valence-corrected chi connectivity index (χ1v) is 5.87. The Morgan fingerprint density at radius 2 is 2.13 bits per heavy atom. The van der Waals surface area contributed by atoms with E-state index in [1.54, 1.807) is 0 Å². The van der Waals surface area contributed by atoms with Gasteiger partial charge in [0, 0.05) is 19.1 Å². The zero-order chi connectivity index (χ0) is 10.5. The van der Waals surface area contributed by atoms with Crippen LogP contribution in [-0.4, -0.2) is 20.1 Å². The molecular formula is C13H20N2. The number of likely N-dealkylation sites (N-methyl/N-ethyl adjacent to an activating group) is 1. The van der Waals surface area contributed by atoms with E-state index in [1.807, 2.05) is 7.05 Å². The minimum atomic E-state index is 0.572. The van der Waals surface area contributed by atoms with Crippen molar-refractivity contribution in [2.75, 3.05) is 20.1 Å². The van der Waals surface area contributed by atoms with Gasteiger partial charge < -0.3 is 10.6 Å². The van der Waals surface area contributed by atoms with Crippen molar-refractivity contribution < 1.29 is 0 Å². The molecular weight excluding hydrogens is 184 g/mol. The Hall–Kier alpha value is -0.860. The highest BCUT2D eigenvalue weighted by Gasteiger charge is 2.18. The second-order valence-corrected chi connectivity index (χ2v) is 4.20. The van der Waals surface area contributed by atoms with E-state index in [2.05, 4.69) is 34.9 Å². The average Bonchev–Trinajstić information content (AvgIpc) is 2.30. The number of benzene rings is 1. The fraction of sp³-hybridized carbons (Fsp3) is 0.538. The first-order valence-electron chi connectivity index (χ1n) is 5.87. The standard InChI is InChI=1S/C13H20N2/c1-14-9-10-15-13-8-4-6-11-5-2-3-7-12(11)13/h2-3,5,7,13-15H,4,6,8-10H2,1H3. The van der Waals surface area contributed by atoms with Crippen LogP contribution >= 0.6 is 0 Å². The molecule has 2 nitrogen and oxygen atoms in total. The molecule has 0 heterocycles. The van der Waals surface area contributed by atoms with E-state index in [4.69, 9.17) is 0 Å². The van der Waals surface area contributed by atoms with Crippen LogP contribution in [0.25, 0.3) is 0 Å². The maximum Gasteiger partial charge on any atom is 0.0323 e. The maximum atomic E-state index is 3.62. The Morgan fingerprint density at radius 3 is 3.00 bits per heavy atom. The molecule has 0 radical (unpaired) electrons. The monoisotopic (exact) mass is 204 g/mol. The highest BCUT2D eigenvalue weighted by molar-refractivity contribution is 5.32. The van der Waals surface area contributed by atoms with Crippen LogP contribution in [0.5, 0.6) is 0 Å². The lowest BCUT2D eigenvalue weighted by Crippen LogP contribution is -2.30. The van der Waals surface area contributed by atoms with Crippen LogP contribution in [0.3, 0.4) is 0 Å². The molecule has 2 N–H and O–H groups in total. The highest BCUT2D eigenvalue weighted by Crippen LogP contribution is 2.28. The molecule has 0 saturated carbocycles. The van der Waals surface area contributed by atoms with Gasteiger partial charge in [-0.05, 0) is 37.4 Å². The van der Waals surface area contributed by atoms with Crippen molar-refractivity contribution >= 4 is 0 Å². The van der Waals surface area contributed by atoms with Gasteiger partial charge in [0.25, 0.3) is 0 Å². The molecule has 15 heavy (non-hydrogen) atoms. The zero-order valence-electron chi connectivity index (χ0n) is 9.42. The summed E-state index contributed by atoms with van der Waals surface area (Å²) in [4.78, 5) is 0. The van der Waals surface area contributed by atoms with Gasteiger partial charge >= 0.3 is 0 Å². The van der Waals surface area contributed by atoms with E-state index in [-0.39, 0.29) is 0 Å². The molecule has 1 aromatic carbocycles. The smallest absolute Gasteiger partial charge is 0.0323 e. The van der Waals surface area contributed by atoms with E-state index in [9.17, 15) is 0 Å². The molecule has 0 saturated heterocycles. The molecule has 82 valence electrons. The van der Waals surface area contributed by atoms with E-state index in [0.717, 1.165) is 13.1 Å². The van der Waals surface area contributed by atoms with Crippen molar-refractivity contribution in [1.29, 1.82) is 0 Å². The Kier molecular flexibility index (Phi) is 3.75. The SMILES string of the molecule is CNCCNC1CCCc2ccccc21. The minimum Gasteiger partial charge on any atom is -0.318 e. The molecule has 0 spiro atoms. The van der Waals surface area contributed by atoms with Gasteiger partial charge in [0.15, 0.2) is 0 Å². The third-order valence-electron chi connectivity index (χ3n) is 3.14. The van der Waals surface area contributed by atoms with E-state index >= 15 is 0 Å². The summed E-state index contributed by atoms with van der Waals surface area (Å²) in [5.41, 5.74) is 3.05. The predicted molar refractivity (Wildman–Crippen MR) is 64.1 cm³/mol. The third kappa shape index (κ3) is 2.58. The lowest BCUT2D eigenvalue weighted by molar-refractivity contribution is 0.459. The lowest BCUT2D eigenvalue weighted by atomic mass is 9.88. The van der Waals surface area contributed by atoms with Gasteiger partial charge in [-0.25, -0.2) is 0 Å². The van der Waals surface area contributed by atoms with Crippen LogP contribution < -0.4 is 10.6 Å². The minimum absolute atomic E-state index is 0.572. The van der Waals surface area contributed by atoms with E-state index < -0.39 is 0 Å². The lowest BCUT2D eigenvalue weighted by Gasteiger charge is -2.26. The number of hydrogen-bond acceptors (Lipinski definition) is 2. The summed E-state index contributed by atoms with van der Waals surface area (Å²) in [5.74, 6) is 0. The first-order chi connectivity index (χ1) is 7.42. The normalized spacial score (nSPS) is 19.9. The van der Waals surface area contributed by atoms with Gasteiger partial charge in [-0.1, -0.05) is 24.3 Å². The van der Waals surface area contributed by atoms with Crippen LogP contribution in [0.2, 0.25) is 0 Å². The topological polar surface area (TPSA) is 24.1 Å². The van der Waals surface area contributed by atoms with Gasteiger partial charge in [0.1, 0.15) is 0 Å². The molecule has 1 aliphatic rings. The summed E-state index contributed by atoms with van der Waals surface area (Å²) < 4.78 is 0. The third-order valence-corrected chi connectivity index (χ3v) is 3.14. The Morgan fingerprint density at radius 1 is 1.27 bits per heavy atom. The number of nitrogens with one attached hydrogen (secondary N) is 2. The van der Waals surface area contributed by atoms with Crippen LogP contribution in [0.4, 0.5) is 0 Å². The second kappa shape index (κ2) is 5.29. The fourth-order valence-corrected chi connectivity index (χ4v) is 2.34. The molecule has 1 unspecified atom stereocenters. The van der Waals surface area contributed by atoms with Crippen molar-refractivity contribution in [2.24, 2.45) is 0 Å². The summed E-state index contributed by atoms with van der Waals surface area (Å²) in [6.07, 6.45) is 3.84. The molecule has 0 aromatic heterocycles. The van der Waals surface area contributed by atoms with Gasteiger partial charge in [-0.2, -0.15) is 0 Å². The number of fused-ring (bicyclic) bond motifs is 1. The highest BCUT2D eigenvalue weighted by atomic mass is 15.0. The molecule has 0 aliphatic heterocycles. The molecule has 1 aromatic rings. The summed E-state index contributed by atoms with van der Waals surface area (Å²) in [6.45, 7) is 2.09. The molecule has 2 heteroatoms. The van der Waals surface area contributed by atoms with Crippen LogP contribution in [0, 0.1) is 0 Å². The van der Waals surface area contributed by atoms with Crippen molar-refractivity contribution in [3.05, 3.63) is 35.4 Å². The Labute approximate surface area is 92.1 Å². The van der Waals surface area contributed by atoms with Gasteiger partial charge in [-0.3, -0.25) is 0 Å². The van der Waals surface area contributed by atoms with Crippen molar-refractivity contribution in [3.8, 4) is 0 Å². The number of rotatable bonds is 4. The summed E-state index contributed by atoms with van der Waals surface area (Å²) in [5, 5.41) is 6.78. The van der Waals surface area contributed by atoms with Gasteiger partial charge in [-0.15, -0.1) is 0 Å². The number of hydrogen-bond donors (Lipinski definition) is 2. The van der Waals surface area contributed by atoms with E-state index in [0.29, 0.717) is 6.04 Å². The quantitative estimate of drug-likeness (QED) is 0.732. The van der Waals surface area contributed by atoms with Crippen LogP contribution in [-0.2, 0) is 6.42 Å². The fourth-order valence-electron chi connectivity index (χ4n) is 2.34. The van der Waals surface area contributed by atoms with Gasteiger partial charge in [0.05, 0.1) is 0 Å². The Balaban J connectivity index is 2.02. The Bertz CT molecular complexity index is 309. The zero-order valence-corrected chi connectivity index (χ0v) is 9.42. The van der Waals surface area contributed by atoms with Crippen molar-refractivity contribution in [1.82, 2.24) is 10.6 Å². The molecule has 1 atom stereocenters. The first kappa shape index (κ1) is 10.7. The van der Waals surface area contributed by atoms with Crippen LogP contribution in [0.1, 0.15) is 30.0 Å². The van der Waals surface area contributed by atoms with E-state index in [1.165, 1.54) is 30.4 Å². The van der Waals surface area contributed by atoms with Crippen molar-refractivity contribution in [3.63, 3.8) is 0 Å². The molecule has 2 rings (SSSR count).